The molecule has 0 radical (unpaired) electrons. The maximum atomic E-state index is 12.6. The molecule has 0 atom stereocenters. The van der Waals surface area contributed by atoms with Crippen molar-refractivity contribution in [2.45, 2.75) is 20.8 Å². The fraction of sp³-hybridized carbons (Fsp3) is 0.188. The molecule has 20 heavy (non-hydrogen) atoms. The first-order valence-corrected chi connectivity index (χ1v) is 6.90. The average molecular weight is 310 g/mol. The molecular formula is C16H16KO2P. The van der Waals surface area contributed by atoms with Crippen molar-refractivity contribution in [3.8, 4) is 0 Å². The van der Waals surface area contributed by atoms with Gasteiger partial charge in [0.1, 0.15) is 0 Å². The van der Waals surface area contributed by atoms with Crippen molar-refractivity contribution in [1.82, 2.24) is 0 Å². The molecule has 0 spiro atoms. The van der Waals surface area contributed by atoms with Crippen LogP contribution in [-0.2, 0) is 4.57 Å². The number of carbonyl (C=O) groups excluding carboxylic acids is 1. The van der Waals surface area contributed by atoms with E-state index in [9.17, 15) is 9.36 Å². The second-order valence-corrected chi connectivity index (χ2v) is 5.38. The summed E-state index contributed by atoms with van der Waals surface area (Å²) in [6.45, 7) is 5.88. The van der Waals surface area contributed by atoms with Crippen LogP contribution in [0.1, 0.15) is 32.6 Å². The summed E-state index contributed by atoms with van der Waals surface area (Å²) >= 11 is 0. The first kappa shape index (κ1) is 17.9. The second-order valence-electron chi connectivity index (χ2n) is 4.71. The molecule has 0 bridgehead atoms. The molecule has 0 amide bonds. The van der Waals surface area contributed by atoms with Gasteiger partial charge in [-0.3, -0.25) is 9.36 Å². The van der Waals surface area contributed by atoms with Crippen molar-refractivity contribution in [2.24, 2.45) is 0 Å². The van der Waals surface area contributed by atoms with Gasteiger partial charge in [0.25, 0.3) is 0 Å². The Morgan fingerprint density at radius 3 is 2.10 bits per heavy atom. The molecule has 98 valence electrons. The molecule has 0 aromatic heterocycles. The number of benzene rings is 2. The van der Waals surface area contributed by atoms with E-state index in [1.165, 1.54) is 0 Å². The summed E-state index contributed by atoms with van der Waals surface area (Å²) in [7, 11) is -0.125. The van der Waals surface area contributed by atoms with Crippen LogP contribution in [-0.4, -0.2) is 57.2 Å². The second kappa shape index (κ2) is 7.74. The molecule has 2 rings (SSSR count). The minimum absolute atomic E-state index is 0. The fourth-order valence-electron chi connectivity index (χ4n) is 2.42. The summed E-state index contributed by atoms with van der Waals surface area (Å²) in [5.74, 6) is -0.0612. The van der Waals surface area contributed by atoms with Crippen molar-refractivity contribution in [2.75, 3.05) is 0 Å². The van der Waals surface area contributed by atoms with Crippen molar-refractivity contribution in [3.63, 3.8) is 0 Å². The van der Waals surface area contributed by atoms with Gasteiger partial charge in [0, 0.05) is 11.1 Å². The SMILES string of the molecule is Cc1cc(C)c(C(=O)c2ccccc2P=O)c(C)c1.[KH]. The standard InChI is InChI=1S/C16H15O2P.K.H/c1-10-8-11(2)15(12(3)9-10)16(17)13-6-4-5-7-14(13)19-18;;/h4-9H,1-3H3;;. The zero-order valence-electron chi connectivity index (χ0n) is 11.2. The molecule has 0 unspecified atom stereocenters. The topological polar surface area (TPSA) is 34.1 Å². The Morgan fingerprint density at radius 2 is 1.55 bits per heavy atom. The van der Waals surface area contributed by atoms with Crippen LogP contribution in [0.2, 0.25) is 0 Å². The van der Waals surface area contributed by atoms with Crippen molar-refractivity contribution < 1.29 is 9.36 Å². The first-order chi connectivity index (χ1) is 9.04. The van der Waals surface area contributed by atoms with Crippen LogP contribution in [0, 0.1) is 20.8 Å². The summed E-state index contributed by atoms with van der Waals surface area (Å²) < 4.78 is 11.1. The minimum atomic E-state index is -0.125. The van der Waals surface area contributed by atoms with E-state index in [1.54, 1.807) is 24.3 Å². The third-order valence-electron chi connectivity index (χ3n) is 3.15. The Morgan fingerprint density at radius 1 is 1.00 bits per heavy atom. The molecule has 2 nitrogen and oxygen atoms in total. The third kappa shape index (κ3) is 3.73. The zero-order chi connectivity index (χ0) is 14.0. The van der Waals surface area contributed by atoms with Gasteiger partial charge in [-0.25, -0.2) is 0 Å². The molecule has 0 saturated heterocycles. The summed E-state index contributed by atoms with van der Waals surface area (Å²) in [5.41, 5.74) is 4.28. The molecule has 0 heterocycles. The molecule has 0 aliphatic rings. The molecule has 2 aromatic carbocycles. The molecule has 0 fully saturated rings. The van der Waals surface area contributed by atoms with Crippen LogP contribution in [0.25, 0.3) is 0 Å². The van der Waals surface area contributed by atoms with E-state index in [1.807, 2.05) is 32.9 Å². The molecule has 0 aliphatic heterocycles. The van der Waals surface area contributed by atoms with Gasteiger partial charge in [0.05, 0.1) is 5.30 Å². The van der Waals surface area contributed by atoms with Crippen LogP contribution in [0.3, 0.4) is 0 Å². The van der Waals surface area contributed by atoms with Gasteiger partial charge >= 0.3 is 51.4 Å². The fourth-order valence-corrected chi connectivity index (χ4v) is 2.84. The van der Waals surface area contributed by atoms with Gasteiger partial charge in [-0.2, -0.15) is 0 Å². The van der Waals surface area contributed by atoms with Crippen molar-refractivity contribution in [1.29, 1.82) is 0 Å². The molecule has 0 aliphatic carbocycles. The summed E-state index contributed by atoms with van der Waals surface area (Å²) in [4.78, 5) is 12.6. The number of rotatable bonds is 3. The summed E-state index contributed by atoms with van der Waals surface area (Å²) in [5, 5.41) is 0.534. The molecule has 4 heteroatoms. The van der Waals surface area contributed by atoms with Crippen LogP contribution in [0.5, 0.6) is 0 Å². The average Bonchev–Trinajstić information content (AvgIpc) is 2.37. The number of hydrogen-bond donors (Lipinski definition) is 0. The molecule has 0 saturated carbocycles. The number of carbonyl (C=O) groups is 1. The van der Waals surface area contributed by atoms with Gasteiger partial charge in [0.15, 0.2) is 14.2 Å². The number of ketones is 1. The number of aryl methyl sites for hydroxylation is 3. The van der Waals surface area contributed by atoms with E-state index in [0.717, 1.165) is 16.7 Å². The van der Waals surface area contributed by atoms with Gasteiger partial charge in [0.2, 0.25) is 0 Å². The van der Waals surface area contributed by atoms with Crippen LogP contribution >= 0.6 is 8.46 Å². The van der Waals surface area contributed by atoms with E-state index in [0.29, 0.717) is 16.4 Å². The Bertz CT molecular complexity index is 642. The maximum absolute atomic E-state index is 12.6. The van der Waals surface area contributed by atoms with E-state index in [4.69, 9.17) is 0 Å². The predicted molar refractivity (Wildman–Crippen MR) is 84.9 cm³/mol. The van der Waals surface area contributed by atoms with Crippen molar-refractivity contribution >= 4 is 70.9 Å². The monoisotopic (exact) mass is 310 g/mol. The Balaban J connectivity index is 0.00000200. The van der Waals surface area contributed by atoms with Gasteiger partial charge in [-0.1, -0.05) is 29.8 Å². The van der Waals surface area contributed by atoms with Crippen LogP contribution < -0.4 is 5.30 Å². The number of hydrogen-bond acceptors (Lipinski definition) is 2. The van der Waals surface area contributed by atoms with E-state index >= 15 is 0 Å². The Kier molecular flexibility index (Phi) is 6.93. The molecule has 2 aromatic rings. The summed E-state index contributed by atoms with van der Waals surface area (Å²) in [6, 6.07) is 11.0. The predicted octanol–water partition coefficient (Wildman–Crippen LogP) is 3.11. The Labute approximate surface area is 163 Å². The normalized spacial score (nSPS) is 10.2. The Hall–Kier alpha value is -0.154. The quantitative estimate of drug-likeness (QED) is 0.496. The zero-order valence-corrected chi connectivity index (χ0v) is 12.1. The van der Waals surface area contributed by atoms with E-state index in [2.05, 4.69) is 0 Å². The molecular weight excluding hydrogens is 294 g/mol. The third-order valence-corrected chi connectivity index (χ3v) is 3.74. The first-order valence-electron chi connectivity index (χ1n) is 6.09. The molecule has 0 N–H and O–H groups in total. The van der Waals surface area contributed by atoms with E-state index in [-0.39, 0.29) is 65.6 Å². The van der Waals surface area contributed by atoms with Gasteiger partial charge < -0.3 is 0 Å². The van der Waals surface area contributed by atoms with Crippen LogP contribution in [0.4, 0.5) is 0 Å². The van der Waals surface area contributed by atoms with Crippen molar-refractivity contribution in [3.05, 3.63) is 64.2 Å². The van der Waals surface area contributed by atoms with Gasteiger partial charge in [-0.05, 0) is 44.0 Å². The van der Waals surface area contributed by atoms with Crippen LogP contribution in [0.15, 0.2) is 36.4 Å². The van der Waals surface area contributed by atoms with E-state index < -0.39 is 0 Å². The summed E-state index contributed by atoms with van der Waals surface area (Å²) in [6.07, 6.45) is 0. The van der Waals surface area contributed by atoms with Gasteiger partial charge in [-0.15, -0.1) is 0 Å².